The van der Waals surface area contributed by atoms with Crippen molar-refractivity contribution in [2.45, 2.75) is 44.9 Å². The number of rotatable bonds is 9. The van der Waals surface area contributed by atoms with Crippen LogP contribution in [0.25, 0.3) is 11.0 Å². The van der Waals surface area contributed by atoms with Gasteiger partial charge in [-0.2, -0.15) is 0 Å². The molecule has 9 heteroatoms. The van der Waals surface area contributed by atoms with E-state index in [4.69, 9.17) is 5.21 Å². The first-order valence-electron chi connectivity index (χ1n) is 11.1. The summed E-state index contributed by atoms with van der Waals surface area (Å²) in [5.74, 6) is 1.15. The maximum atomic E-state index is 12.7. The molecule has 1 fully saturated rings. The first-order chi connectivity index (χ1) is 14.9. The van der Waals surface area contributed by atoms with E-state index in [9.17, 15) is 9.59 Å². The number of imidazole rings is 1. The third-order valence-corrected chi connectivity index (χ3v) is 5.84. The molecular weight excluding hydrogens is 396 g/mol. The van der Waals surface area contributed by atoms with Gasteiger partial charge in [0, 0.05) is 31.6 Å². The second-order valence-electron chi connectivity index (χ2n) is 8.61. The van der Waals surface area contributed by atoms with Crippen LogP contribution in [0.3, 0.4) is 0 Å². The van der Waals surface area contributed by atoms with Crippen molar-refractivity contribution in [3.8, 4) is 0 Å². The van der Waals surface area contributed by atoms with Gasteiger partial charge in [0.05, 0.1) is 11.0 Å². The first kappa shape index (κ1) is 23.0. The molecule has 1 aromatic carbocycles. The number of aromatic amines is 1. The Balaban J connectivity index is 1.46. The van der Waals surface area contributed by atoms with E-state index in [0.29, 0.717) is 25.4 Å². The summed E-state index contributed by atoms with van der Waals surface area (Å²) in [4.78, 5) is 35.8. The number of hydroxylamine groups is 1. The molecule has 2 heterocycles. The quantitative estimate of drug-likeness (QED) is 0.361. The lowest BCUT2D eigenvalue weighted by atomic mass is 9.91. The van der Waals surface area contributed by atoms with Gasteiger partial charge in [0.25, 0.3) is 0 Å². The summed E-state index contributed by atoms with van der Waals surface area (Å²) in [6.07, 6.45) is 5.84. The highest BCUT2D eigenvalue weighted by atomic mass is 16.5. The minimum atomic E-state index is -0.341. The number of carbonyl (C=O) groups is 2. The monoisotopic (exact) mass is 430 g/mol. The Morgan fingerprint density at radius 3 is 2.74 bits per heavy atom. The van der Waals surface area contributed by atoms with E-state index in [1.807, 2.05) is 23.1 Å². The molecule has 4 N–H and O–H groups in total. The number of hydrogen-bond donors (Lipinski definition) is 4. The summed E-state index contributed by atoms with van der Waals surface area (Å²) < 4.78 is 0. The molecule has 2 aromatic rings. The normalized spacial score (nSPS) is 14.9. The number of anilines is 1. The van der Waals surface area contributed by atoms with Crippen LogP contribution in [0.4, 0.5) is 10.5 Å². The van der Waals surface area contributed by atoms with E-state index in [1.165, 1.54) is 0 Å². The lowest BCUT2D eigenvalue weighted by Crippen LogP contribution is -2.41. The molecular formula is C22H34N6O3. The molecule has 1 saturated heterocycles. The van der Waals surface area contributed by atoms with Crippen molar-refractivity contribution in [2.24, 2.45) is 5.92 Å². The van der Waals surface area contributed by atoms with Gasteiger partial charge in [0.1, 0.15) is 5.82 Å². The summed E-state index contributed by atoms with van der Waals surface area (Å²) in [7, 11) is 4.13. The van der Waals surface area contributed by atoms with Crippen molar-refractivity contribution in [1.29, 1.82) is 0 Å². The predicted octanol–water partition coefficient (Wildman–Crippen LogP) is 2.98. The fraction of sp³-hybridized carbons (Fsp3) is 0.591. The number of benzene rings is 1. The number of urea groups is 1. The average Bonchev–Trinajstić information content (AvgIpc) is 3.15. The number of carbonyl (C=O) groups excluding carboxylic acids is 2. The Kier molecular flexibility index (Phi) is 8.25. The zero-order valence-electron chi connectivity index (χ0n) is 18.5. The molecule has 0 aliphatic carbocycles. The first-order valence-corrected chi connectivity index (χ1v) is 11.1. The van der Waals surface area contributed by atoms with Gasteiger partial charge in [0.2, 0.25) is 5.91 Å². The topological polar surface area (TPSA) is 114 Å². The fourth-order valence-electron chi connectivity index (χ4n) is 4.06. The van der Waals surface area contributed by atoms with Gasteiger partial charge < -0.3 is 20.1 Å². The van der Waals surface area contributed by atoms with Gasteiger partial charge in [-0.05, 0) is 76.9 Å². The molecule has 1 aliphatic rings. The Bertz CT molecular complexity index is 873. The van der Waals surface area contributed by atoms with E-state index in [2.05, 4.69) is 34.3 Å². The molecule has 1 aliphatic heterocycles. The zero-order chi connectivity index (χ0) is 22.2. The third kappa shape index (κ3) is 6.93. The van der Waals surface area contributed by atoms with Crippen molar-refractivity contribution < 1.29 is 14.8 Å². The maximum Gasteiger partial charge on any atom is 0.321 e. The molecule has 3 amide bonds. The van der Waals surface area contributed by atoms with Crippen molar-refractivity contribution in [3.05, 3.63) is 24.0 Å². The van der Waals surface area contributed by atoms with Crippen LogP contribution in [0.15, 0.2) is 18.2 Å². The van der Waals surface area contributed by atoms with Crippen LogP contribution in [0.5, 0.6) is 0 Å². The van der Waals surface area contributed by atoms with Gasteiger partial charge in [0.15, 0.2) is 0 Å². The van der Waals surface area contributed by atoms with E-state index >= 15 is 0 Å². The SMILES string of the molecule is CN(C)CCCc1nc2ccc(NC(=O)N3CCC(CCCC(=O)NO)CC3)cc2[nH]1. The van der Waals surface area contributed by atoms with Crippen LogP contribution in [0.1, 0.15) is 44.3 Å². The van der Waals surface area contributed by atoms with Gasteiger partial charge >= 0.3 is 6.03 Å². The summed E-state index contributed by atoms with van der Waals surface area (Å²) in [5, 5.41) is 11.5. The molecule has 3 rings (SSSR count). The summed E-state index contributed by atoms with van der Waals surface area (Å²) >= 11 is 0. The number of H-pyrrole nitrogens is 1. The zero-order valence-corrected chi connectivity index (χ0v) is 18.5. The molecule has 170 valence electrons. The Hall–Kier alpha value is -2.65. The van der Waals surface area contributed by atoms with Crippen LogP contribution in [-0.2, 0) is 11.2 Å². The largest absolute Gasteiger partial charge is 0.342 e. The van der Waals surface area contributed by atoms with E-state index < -0.39 is 0 Å². The number of nitrogens with zero attached hydrogens (tertiary/aromatic N) is 3. The Labute approximate surface area is 183 Å². The number of likely N-dealkylation sites (tertiary alicyclic amines) is 1. The summed E-state index contributed by atoms with van der Waals surface area (Å²) in [6, 6.07) is 5.69. The molecule has 0 spiro atoms. The van der Waals surface area contributed by atoms with E-state index in [-0.39, 0.29) is 11.9 Å². The highest BCUT2D eigenvalue weighted by molar-refractivity contribution is 5.92. The number of piperidine rings is 1. The molecule has 1 aromatic heterocycles. The number of fused-ring (bicyclic) bond motifs is 1. The maximum absolute atomic E-state index is 12.7. The Morgan fingerprint density at radius 1 is 1.26 bits per heavy atom. The number of aryl methyl sites for hydroxylation is 1. The minimum absolute atomic E-state index is 0.0804. The predicted molar refractivity (Wildman–Crippen MR) is 120 cm³/mol. The van der Waals surface area contributed by atoms with Crippen LogP contribution in [0.2, 0.25) is 0 Å². The van der Waals surface area contributed by atoms with Crippen LogP contribution in [0, 0.1) is 5.92 Å². The molecule has 0 saturated carbocycles. The summed E-state index contributed by atoms with van der Waals surface area (Å²) in [5.41, 5.74) is 4.27. The molecule has 9 nitrogen and oxygen atoms in total. The highest BCUT2D eigenvalue weighted by Crippen LogP contribution is 2.24. The number of hydrogen-bond acceptors (Lipinski definition) is 5. The molecule has 0 bridgehead atoms. The van der Waals surface area contributed by atoms with Gasteiger partial charge in [-0.3, -0.25) is 10.0 Å². The van der Waals surface area contributed by atoms with Gasteiger partial charge in [-0.1, -0.05) is 0 Å². The van der Waals surface area contributed by atoms with Crippen molar-refractivity contribution in [1.82, 2.24) is 25.2 Å². The second-order valence-corrected chi connectivity index (χ2v) is 8.61. The smallest absolute Gasteiger partial charge is 0.321 e. The fourth-order valence-corrected chi connectivity index (χ4v) is 4.06. The highest BCUT2D eigenvalue weighted by Gasteiger charge is 2.23. The third-order valence-electron chi connectivity index (χ3n) is 5.84. The van der Waals surface area contributed by atoms with Gasteiger partial charge in [-0.25, -0.2) is 15.3 Å². The van der Waals surface area contributed by atoms with Crippen molar-refractivity contribution >= 4 is 28.7 Å². The van der Waals surface area contributed by atoms with Crippen LogP contribution in [-0.4, -0.2) is 70.6 Å². The number of nitrogens with one attached hydrogen (secondary N) is 3. The summed E-state index contributed by atoms with van der Waals surface area (Å²) in [6.45, 7) is 2.45. The average molecular weight is 431 g/mol. The van der Waals surface area contributed by atoms with Crippen molar-refractivity contribution in [2.75, 3.05) is 39.0 Å². The Morgan fingerprint density at radius 2 is 2.03 bits per heavy atom. The van der Waals surface area contributed by atoms with Crippen LogP contribution >= 0.6 is 0 Å². The number of aromatic nitrogens is 2. The minimum Gasteiger partial charge on any atom is -0.342 e. The standard InChI is InChI=1S/C22H34N6O3/c1-27(2)12-4-6-20-24-18-9-8-17(15-19(18)25-20)23-22(30)28-13-10-16(11-14-28)5-3-7-21(29)26-31/h8-9,15-16,31H,3-7,10-14H2,1-2H3,(H,23,30)(H,24,25)(H,26,29). The number of amides is 3. The molecule has 0 unspecified atom stereocenters. The molecule has 0 atom stereocenters. The van der Waals surface area contributed by atoms with Crippen LogP contribution < -0.4 is 10.8 Å². The lowest BCUT2D eigenvalue weighted by Gasteiger charge is -2.32. The second kappa shape index (κ2) is 11.1. The van der Waals surface area contributed by atoms with E-state index in [0.717, 1.165) is 67.6 Å². The molecule has 31 heavy (non-hydrogen) atoms. The molecule has 0 radical (unpaired) electrons. The van der Waals surface area contributed by atoms with E-state index in [1.54, 1.807) is 5.48 Å². The van der Waals surface area contributed by atoms with Gasteiger partial charge in [-0.15, -0.1) is 0 Å². The lowest BCUT2D eigenvalue weighted by molar-refractivity contribution is -0.129. The van der Waals surface area contributed by atoms with Crippen molar-refractivity contribution in [3.63, 3.8) is 0 Å².